The predicted octanol–water partition coefficient (Wildman–Crippen LogP) is 2.79. The van der Waals surface area contributed by atoms with Crippen molar-refractivity contribution in [1.29, 1.82) is 0 Å². The molecule has 0 aromatic rings. The molecule has 0 aliphatic heterocycles. The van der Waals surface area contributed by atoms with E-state index >= 15 is 0 Å². The van der Waals surface area contributed by atoms with Gasteiger partial charge in [-0.25, -0.2) is 0 Å². The van der Waals surface area contributed by atoms with Gasteiger partial charge in [0.15, 0.2) is 0 Å². The minimum absolute atomic E-state index is 0.171. The molecule has 0 bridgehead atoms. The normalized spacial score (nSPS) is 18.6. The summed E-state index contributed by atoms with van der Waals surface area (Å²) in [6.45, 7) is 9.44. The van der Waals surface area contributed by atoms with Crippen LogP contribution in [-0.2, 0) is 4.79 Å². The van der Waals surface area contributed by atoms with Crippen LogP contribution in [0.4, 0.5) is 0 Å². The lowest BCUT2D eigenvalue weighted by atomic mass is 10.0. The molecule has 1 saturated carbocycles. The van der Waals surface area contributed by atoms with E-state index in [1.807, 2.05) is 0 Å². The zero-order chi connectivity index (χ0) is 13.7. The zero-order valence-electron chi connectivity index (χ0n) is 12.5. The van der Waals surface area contributed by atoms with Crippen molar-refractivity contribution in [2.75, 3.05) is 6.54 Å². The van der Waals surface area contributed by atoms with Gasteiger partial charge in [-0.05, 0) is 31.1 Å². The molecule has 18 heavy (non-hydrogen) atoms. The van der Waals surface area contributed by atoms with Gasteiger partial charge in [-0.2, -0.15) is 0 Å². The van der Waals surface area contributed by atoms with Crippen molar-refractivity contribution < 1.29 is 4.79 Å². The van der Waals surface area contributed by atoms with Gasteiger partial charge in [0.05, 0.1) is 6.04 Å². The van der Waals surface area contributed by atoms with E-state index in [-0.39, 0.29) is 11.9 Å². The second-order valence-electron chi connectivity index (χ2n) is 6.56. The third-order valence-corrected chi connectivity index (χ3v) is 3.65. The Bertz CT molecular complexity index is 257. The van der Waals surface area contributed by atoms with Gasteiger partial charge in [-0.1, -0.05) is 40.5 Å². The maximum absolute atomic E-state index is 12.5. The van der Waals surface area contributed by atoms with Crippen LogP contribution in [0.25, 0.3) is 0 Å². The van der Waals surface area contributed by atoms with Crippen LogP contribution in [0, 0.1) is 11.8 Å². The lowest BCUT2D eigenvalue weighted by molar-refractivity contribution is -0.135. The molecule has 1 aliphatic carbocycles. The number of carbonyl (C=O) groups is 1. The summed E-state index contributed by atoms with van der Waals surface area (Å²) in [6.07, 6.45) is 5.62. The van der Waals surface area contributed by atoms with Crippen molar-refractivity contribution in [1.82, 2.24) is 4.90 Å². The van der Waals surface area contributed by atoms with Crippen LogP contribution >= 0.6 is 0 Å². The third kappa shape index (κ3) is 4.60. The van der Waals surface area contributed by atoms with E-state index in [9.17, 15) is 4.79 Å². The van der Waals surface area contributed by atoms with Gasteiger partial charge in [0.2, 0.25) is 5.91 Å². The fraction of sp³-hybridized carbons (Fsp3) is 0.933. The number of hydrogen-bond acceptors (Lipinski definition) is 2. The largest absolute Gasteiger partial charge is 0.338 e. The third-order valence-electron chi connectivity index (χ3n) is 3.65. The molecule has 0 aromatic carbocycles. The van der Waals surface area contributed by atoms with Crippen molar-refractivity contribution in [3.05, 3.63) is 0 Å². The Balaban J connectivity index is 2.65. The second-order valence-corrected chi connectivity index (χ2v) is 6.56. The molecule has 2 N–H and O–H groups in total. The average Bonchev–Trinajstić information content (AvgIpc) is 2.76. The Labute approximate surface area is 112 Å². The predicted molar refractivity (Wildman–Crippen MR) is 76.2 cm³/mol. The first-order valence-corrected chi connectivity index (χ1v) is 7.47. The molecule has 0 unspecified atom stereocenters. The molecule has 0 spiro atoms. The molecule has 0 saturated heterocycles. The van der Waals surface area contributed by atoms with E-state index < -0.39 is 0 Å². The summed E-state index contributed by atoms with van der Waals surface area (Å²) in [5.41, 5.74) is 6.07. The van der Waals surface area contributed by atoms with Crippen LogP contribution in [0.2, 0.25) is 0 Å². The van der Waals surface area contributed by atoms with Gasteiger partial charge in [-0.15, -0.1) is 0 Å². The van der Waals surface area contributed by atoms with Crippen LogP contribution in [0.3, 0.4) is 0 Å². The molecule has 1 aliphatic rings. The topological polar surface area (TPSA) is 46.3 Å². The highest BCUT2D eigenvalue weighted by Gasteiger charge is 2.30. The molecular formula is C15H30N2O. The van der Waals surface area contributed by atoms with Gasteiger partial charge >= 0.3 is 0 Å². The van der Waals surface area contributed by atoms with E-state index in [2.05, 4.69) is 32.6 Å². The SMILES string of the molecule is CC(C)C[C@H](N)C(=O)N(CC(C)C)C1CCCC1. The van der Waals surface area contributed by atoms with E-state index in [0.717, 1.165) is 25.8 Å². The van der Waals surface area contributed by atoms with Gasteiger partial charge < -0.3 is 10.6 Å². The lowest BCUT2D eigenvalue weighted by Crippen LogP contribution is -2.49. The highest BCUT2D eigenvalue weighted by atomic mass is 16.2. The molecule has 3 nitrogen and oxygen atoms in total. The average molecular weight is 254 g/mol. The molecule has 106 valence electrons. The number of nitrogens with two attached hydrogens (primary N) is 1. The van der Waals surface area contributed by atoms with E-state index in [0.29, 0.717) is 17.9 Å². The standard InChI is InChI=1S/C15H30N2O/c1-11(2)9-14(16)15(18)17(10-12(3)4)13-7-5-6-8-13/h11-14H,5-10,16H2,1-4H3/t14-/m0/s1. The van der Waals surface area contributed by atoms with Crippen LogP contribution in [0.5, 0.6) is 0 Å². The molecule has 1 amide bonds. The molecule has 1 fully saturated rings. The number of amides is 1. The summed E-state index contributed by atoms with van der Waals surface area (Å²) >= 11 is 0. The Morgan fingerprint density at radius 3 is 2.17 bits per heavy atom. The Kier molecular flexibility index (Phi) is 6.13. The maximum atomic E-state index is 12.5. The lowest BCUT2D eigenvalue weighted by Gasteiger charge is -2.33. The number of nitrogens with zero attached hydrogens (tertiary/aromatic N) is 1. The number of rotatable bonds is 6. The fourth-order valence-corrected chi connectivity index (χ4v) is 2.85. The number of carbonyl (C=O) groups excluding carboxylic acids is 1. The molecule has 0 heterocycles. The first-order valence-electron chi connectivity index (χ1n) is 7.47. The second kappa shape index (κ2) is 7.13. The van der Waals surface area contributed by atoms with Crippen molar-refractivity contribution in [3.63, 3.8) is 0 Å². The zero-order valence-corrected chi connectivity index (χ0v) is 12.5. The van der Waals surface area contributed by atoms with Crippen LogP contribution in [0.15, 0.2) is 0 Å². The van der Waals surface area contributed by atoms with Gasteiger partial charge in [0.1, 0.15) is 0 Å². The molecule has 1 rings (SSSR count). The summed E-state index contributed by atoms with van der Waals surface area (Å²) in [7, 11) is 0. The van der Waals surface area contributed by atoms with Gasteiger partial charge in [-0.3, -0.25) is 4.79 Å². The first kappa shape index (κ1) is 15.5. The Morgan fingerprint density at radius 2 is 1.72 bits per heavy atom. The summed E-state index contributed by atoms with van der Waals surface area (Å²) in [5.74, 6) is 1.17. The Hall–Kier alpha value is -0.570. The minimum atomic E-state index is -0.315. The smallest absolute Gasteiger partial charge is 0.239 e. The first-order chi connectivity index (χ1) is 8.41. The molecule has 1 atom stereocenters. The number of hydrogen-bond donors (Lipinski definition) is 1. The molecule has 3 heteroatoms. The van der Waals surface area contributed by atoms with E-state index in [1.54, 1.807) is 0 Å². The van der Waals surface area contributed by atoms with Gasteiger partial charge in [0, 0.05) is 12.6 Å². The van der Waals surface area contributed by atoms with E-state index in [1.165, 1.54) is 12.8 Å². The highest BCUT2D eigenvalue weighted by molar-refractivity contribution is 5.82. The monoisotopic (exact) mass is 254 g/mol. The van der Waals surface area contributed by atoms with Crippen molar-refractivity contribution in [2.45, 2.75) is 71.9 Å². The minimum Gasteiger partial charge on any atom is -0.338 e. The highest BCUT2D eigenvalue weighted by Crippen LogP contribution is 2.25. The summed E-state index contributed by atoms with van der Waals surface area (Å²) in [5, 5.41) is 0. The Morgan fingerprint density at radius 1 is 1.17 bits per heavy atom. The van der Waals surface area contributed by atoms with E-state index in [4.69, 9.17) is 5.73 Å². The van der Waals surface area contributed by atoms with Crippen LogP contribution < -0.4 is 5.73 Å². The summed E-state index contributed by atoms with van der Waals surface area (Å²) in [4.78, 5) is 14.6. The van der Waals surface area contributed by atoms with Gasteiger partial charge in [0.25, 0.3) is 0 Å². The quantitative estimate of drug-likeness (QED) is 0.792. The van der Waals surface area contributed by atoms with Crippen LogP contribution in [0.1, 0.15) is 59.8 Å². The molecular weight excluding hydrogens is 224 g/mol. The summed E-state index contributed by atoms with van der Waals surface area (Å²) in [6, 6.07) is 0.127. The molecule has 0 aromatic heterocycles. The van der Waals surface area contributed by atoms with Crippen LogP contribution in [-0.4, -0.2) is 29.4 Å². The van der Waals surface area contributed by atoms with Crippen molar-refractivity contribution in [2.24, 2.45) is 17.6 Å². The van der Waals surface area contributed by atoms with Crippen molar-refractivity contribution in [3.8, 4) is 0 Å². The fourth-order valence-electron chi connectivity index (χ4n) is 2.85. The van der Waals surface area contributed by atoms with Crippen molar-refractivity contribution >= 4 is 5.91 Å². The summed E-state index contributed by atoms with van der Waals surface area (Å²) < 4.78 is 0. The maximum Gasteiger partial charge on any atom is 0.239 e. The molecule has 0 radical (unpaired) electrons.